The summed E-state index contributed by atoms with van der Waals surface area (Å²) in [5.74, 6) is 0. The fourth-order valence-electron chi connectivity index (χ4n) is 0.964. The number of halogens is 1. The highest BCUT2D eigenvalue weighted by molar-refractivity contribution is 6.29. The van der Waals surface area contributed by atoms with Crippen LogP contribution in [0.2, 0.25) is 5.15 Å². The predicted molar refractivity (Wildman–Crippen MR) is 42.6 cm³/mol. The molecule has 0 N–H and O–H groups in total. The second kappa shape index (κ2) is 2.19. The summed E-state index contributed by atoms with van der Waals surface area (Å²) >= 11 is 5.63. The van der Waals surface area contributed by atoms with Crippen molar-refractivity contribution in [2.45, 2.75) is 12.5 Å². The third kappa shape index (κ3) is 1.24. The fraction of sp³-hybridized carbons (Fsp3) is 0.375. The summed E-state index contributed by atoms with van der Waals surface area (Å²) in [7, 11) is 0. The van der Waals surface area contributed by atoms with Gasteiger partial charge in [0.05, 0.1) is 6.61 Å². The third-order valence-electron chi connectivity index (χ3n) is 1.92. The Hall–Kier alpha value is -0.600. The van der Waals surface area contributed by atoms with Crippen molar-refractivity contribution in [3.63, 3.8) is 0 Å². The van der Waals surface area contributed by atoms with E-state index in [2.05, 4.69) is 4.98 Å². The molecule has 0 bridgehead atoms. The van der Waals surface area contributed by atoms with E-state index in [0.29, 0.717) is 5.15 Å². The number of aromatic nitrogens is 1. The second-order valence-electron chi connectivity index (χ2n) is 2.89. The van der Waals surface area contributed by atoms with Crippen LogP contribution in [-0.4, -0.2) is 11.6 Å². The first kappa shape index (κ1) is 7.07. The van der Waals surface area contributed by atoms with Crippen LogP contribution >= 0.6 is 11.6 Å². The molecule has 0 aromatic carbocycles. The minimum atomic E-state index is -0.0857. The molecule has 1 aromatic heterocycles. The first-order valence-corrected chi connectivity index (χ1v) is 3.84. The Morgan fingerprint density at radius 1 is 1.64 bits per heavy atom. The average molecular weight is 170 g/mol. The van der Waals surface area contributed by atoms with Gasteiger partial charge in [-0.25, -0.2) is 4.98 Å². The summed E-state index contributed by atoms with van der Waals surface area (Å²) in [6, 6.07) is 3.73. The lowest BCUT2D eigenvalue weighted by molar-refractivity contribution is 0.329. The lowest BCUT2D eigenvalue weighted by Crippen LogP contribution is -2.01. The zero-order valence-corrected chi connectivity index (χ0v) is 6.93. The van der Waals surface area contributed by atoms with Crippen LogP contribution < -0.4 is 0 Å². The van der Waals surface area contributed by atoms with Gasteiger partial charge in [-0.3, -0.25) is 0 Å². The van der Waals surface area contributed by atoms with E-state index in [1.165, 1.54) is 0 Å². The van der Waals surface area contributed by atoms with Gasteiger partial charge in [0.1, 0.15) is 10.8 Å². The van der Waals surface area contributed by atoms with E-state index in [0.717, 1.165) is 12.2 Å². The molecule has 1 atom stereocenters. The summed E-state index contributed by atoms with van der Waals surface area (Å²) in [5.41, 5.74) is 1.01. The molecule has 1 aliphatic rings. The Morgan fingerprint density at radius 3 is 2.82 bits per heavy atom. The molecule has 0 radical (unpaired) electrons. The Kier molecular flexibility index (Phi) is 1.41. The normalized spacial score (nSPS) is 28.5. The first-order valence-electron chi connectivity index (χ1n) is 3.47. The Balaban J connectivity index is 2.33. The number of nitrogens with zero attached hydrogens (tertiary/aromatic N) is 1. The number of epoxide rings is 1. The van der Waals surface area contributed by atoms with Gasteiger partial charge in [0.25, 0.3) is 0 Å². The van der Waals surface area contributed by atoms with E-state index in [9.17, 15) is 0 Å². The molecule has 1 aromatic rings. The summed E-state index contributed by atoms with van der Waals surface area (Å²) in [4.78, 5) is 3.97. The Morgan fingerprint density at radius 2 is 2.36 bits per heavy atom. The van der Waals surface area contributed by atoms with Crippen LogP contribution in [0.3, 0.4) is 0 Å². The summed E-state index contributed by atoms with van der Waals surface area (Å²) in [6.07, 6.45) is 1.76. The molecule has 0 aliphatic carbocycles. The van der Waals surface area contributed by atoms with Crippen molar-refractivity contribution < 1.29 is 4.74 Å². The van der Waals surface area contributed by atoms with E-state index >= 15 is 0 Å². The molecule has 3 heteroatoms. The molecule has 2 nitrogen and oxygen atoms in total. The van der Waals surface area contributed by atoms with Crippen molar-refractivity contribution in [2.75, 3.05) is 6.61 Å². The minimum Gasteiger partial charge on any atom is -0.365 e. The second-order valence-corrected chi connectivity index (χ2v) is 3.28. The maximum absolute atomic E-state index is 5.63. The van der Waals surface area contributed by atoms with E-state index < -0.39 is 0 Å². The SMILES string of the molecule is CC1(c2ccc(Cl)nc2)CO1. The van der Waals surface area contributed by atoms with Crippen molar-refractivity contribution in [2.24, 2.45) is 0 Å². The minimum absolute atomic E-state index is 0.0857. The summed E-state index contributed by atoms with van der Waals surface area (Å²) in [5, 5.41) is 0.526. The van der Waals surface area contributed by atoms with Gasteiger partial charge in [-0.05, 0) is 13.0 Å². The molecule has 1 saturated heterocycles. The molecule has 0 spiro atoms. The molecule has 58 valence electrons. The van der Waals surface area contributed by atoms with E-state index in [1.807, 2.05) is 13.0 Å². The van der Waals surface area contributed by atoms with Crippen LogP contribution in [0.5, 0.6) is 0 Å². The van der Waals surface area contributed by atoms with Crippen molar-refractivity contribution in [1.82, 2.24) is 4.98 Å². The first-order chi connectivity index (χ1) is 5.21. The molecule has 1 fully saturated rings. The van der Waals surface area contributed by atoms with E-state index in [-0.39, 0.29) is 5.60 Å². The smallest absolute Gasteiger partial charge is 0.129 e. The Bertz CT molecular complexity index is 266. The number of ether oxygens (including phenoxy) is 1. The standard InChI is InChI=1S/C8H8ClNO/c1-8(5-11-8)6-2-3-7(9)10-4-6/h2-4H,5H2,1H3. The zero-order chi connectivity index (χ0) is 7.90. The maximum atomic E-state index is 5.63. The summed E-state index contributed by atoms with van der Waals surface area (Å²) < 4.78 is 5.24. The van der Waals surface area contributed by atoms with E-state index in [1.54, 1.807) is 12.3 Å². The van der Waals surface area contributed by atoms with Crippen molar-refractivity contribution in [1.29, 1.82) is 0 Å². The lowest BCUT2D eigenvalue weighted by Gasteiger charge is -2.02. The third-order valence-corrected chi connectivity index (χ3v) is 2.14. The van der Waals surface area contributed by atoms with Gasteiger partial charge < -0.3 is 4.74 Å². The van der Waals surface area contributed by atoms with Gasteiger partial charge in [-0.15, -0.1) is 0 Å². The molecule has 1 aliphatic heterocycles. The lowest BCUT2D eigenvalue weighted by atomic mass is 10.1. The monoisotopic (exact) mass is 169 g/mol. The maximum Gasteiger partial charge on any atom is 0.129 e. The van der Waals surface area contributed by atoms with Gasteiger partial charge in [0.2, 0.25) is 0 Å². The van der Waals surface area contributed by atoms with Crippen molar-refractivity contribution >= 4 is 11.6 Å². The number of rotatable bonds is 1. The molecule has 1 unspecified atom stereocenters. The molecule has 0 amide bonds. The molecular formula is C8H8ClNO. The van der Waals surface area contributed by atoms with Gasteiger partial charge in [0.15, 0.2) is 0 Å². The molecule has 2 heterocycles. The zero-order valence-electron chi connectivity index (χ0n) is 6.17. The molecule has 2 rings (SSSR count). The highest BCUT2D eigenvalue weighted by atomic mass is 35.5. The van der Waals surface area contributed by atoms with Gasteiger partial charge in [-0.1, -0.05) is 17.7 Å². The van der Waals surface area contributed by atoms with E-state index in [4.69, 9.17) is 16.3 Å². The molecule has 11 heavy (non-hydrogen) atoms. The van der Waals surface area contributed by atoms with Crippen molar-refractivity contribution in [3.05, 3.63) is 29.0 Å². The van der Waals surface area contributed by atoms with Crippen molar-refractivity contribution in [3.8, 4) is 0 Å². The number of pyridine rings is 1. The highest BCUT2D eigenvalue weighted by Crippen LogP contribution is 2.37. The van der Waals surface area contributed by atoms with Gasteiger partial charge in [-0.2, -0.15) is 0 Å². The number of hydrogen-bond acceptors (Lipinski definition) is 2. The van der Waals surface area contributed by atoms with Crippen LogP contribution in [0.4, 0.5) is 0 Å². The predicted octanol–water partition coefficient (Wildman–Crippen LogP) is 1.98. The van der Waals surface area contributed by atoms with Gasteiger partial charge >= 0.3 is 0 Å². The quantitative estimate of drug-likeness (QED) is 0.475. The van der Waals surface area contributed by atoms with Crippen LogP contribution in [0.1, 0.15) is 12.5 Å². The van der Waals surface area contributed by atoms with Crippen LogP contribution in [0, 0.1) is 0 Å². The molecular weight excluding hydrogens is 162 g/mol. The van der Waals surface area contributed by atoms with Gasteiger partial charge in [0, 0.05) is 11.8 Å². The summed E-state index contributed by atoms with van der Waals surface area (Å²) in [6.45, 7) is 2.83. The van der Waals surface area contributed by atoms with Crippen LogP contribution in [0.25, 0.3) is 0 Å². The average Bonchev–Trinajstić information content (AvgIpc) is 2.70. The highest BCUT2D eigenvalue weighted by Gasteiger charge is 2.41. The van der Waals surface area contributed by atoms with Crippen LogP contribution in [0.15, 0.2) is 18.3 Å². The molecule has 0 saturated carbocycles. The fourth-order valence-corrected chi connectivity index (χ4v) is 1.08. The largest absolute Gasteiger partial charge is 0.365 e. The van der Waals surface area contributed by atoms with Crippen LogP contribution in [-0.2, 0) is 10.3 Å². The topological polar surface area (TPSA) is 25.4 Å². The Labute approximate surface area is 70.2 Å². The number of hydrogen-bond donors (Lipinski definition) is 0.